The summed E-state index contributed by atoms with van der Waals surface area (Å²) in [5, 5.41) is 3.41. The number of nitrogens with zero attached hydrogens (tertiary/aromatic N) is 2. The maximum atomic E-state index is 14.0. The Morgan fingerprint density at radius 2 is 1.96 bits per heavy atom. The highest BCUT2D eigenvalue weighted by molar-refractivity contribution is 7.85. The number of aromatic amines is 1. The van der Waals surface area contributed by atoms with Crippen molar-refractivity contribution in [2.75, 3.05) is 5.75 Å². The van der Waals surface area contributed by atoms with E-state index in [9.17, 15) is 31.4 Å². The van der Waals surface area contributed by atoms with E-state index < -0.39 is 45.5 Å². The van der Waals surface area contributed by atoms with Crippen LogP contribution in [-0.4, -0.2) is 30.9 Å². The van der Waals surface area contributed by atoms with Gasteiger partial charge in [0.2, 0.25) is 0 Å². The van der Waals surface area contributed by atoms with E-state index in [2.05, 4.69) is 5.10 Å². The third-order valence-electron chi connectivity index (χ3n) is 2.73. The Kier molecular flexibility index (Phi) is 4.50. The van der Waals surface area contributed by atoms with Crippen LogP contribution in [0.2, 0.25) is 0 Å². The molecule has 2 aromatic rings. The second kappa shape index (κ2) is 6.07. The van der Waals surface area contributed by atoms with Crippen molar-refractivity contribution < 1.29 is 21.8 Å². The van der Waals surface area contributed by atoms with E-state index in [0.29, 0.717) is 10.9 Å². The molecule has 1 atom stereocenters. The lowest BCUT2D eigenvalue weighted by molar-refractivity contribution is -0.105. The van der Waals surface area contributed by atoms with Gasteiger partial charge < -0.3 is 0 Å². The zero-order valence-corrected chi connectivity index (χ0v) is 12.3. The van der Waals surface area contributed by atoms with Gasteiger partial charge in [0.1, 0.15) is 23.5 Å². The van der Waals surface area contributed by atoms with Crippen molar-refractivity contribution >= 4 is 10.8 Å². The maximum absolute atomic E-state index is 14.0. The Labute approximate surface area is 128 Å². The number of hydrogen-bond donors (Lipinski definition) is 1. The molecule has 0 aliphatic heterocycles. The molecule has 2 rings (SSSR count). The summed E-state index contributed by atoms with van der Waals surface area (Å²) in [5.74, 6) is -2.57. The lowest BCUT2D eigenvalue weighted by Gasteiger charge is -2.12. The molecule has 23 heavy (non-hydrogen) atoms. The van der Waals surface area contributed by atoms with Gasteiger partial charge in [0.05, 0.1) is 10.8 Å². The van der Waals surface area contributed by atoms with Gasteiger partial charge in [-0.25, -0.2) is 9.18 Å². The largest absolute Gasteiger partial charge is 0.400 e. The van der Waals surface area contributed by atoms with Crippen molar-refractivity contribution in [1.82, 2.24) is 14.8 Å². The van der Waals surface area contributed by atoms with Crippen LogP contribution in [0.5, 0.6) is 0 Å². The van der Waals surface area contributed by atoms with Crippen LogP contribution in [0.1, 0.15) is 5.56 Å². The van der Waals surface area contributed by atoms with Crippen molar-refractivity contribution in [2.45, 2.75) is 18.0 Å². The van der Waals surface area contributed by atoms with Crippen LogP contribution in [0.3, 0.4) is 0 Å². The molecule has 1 aromatic heterocycles. The van der Waals surface area contributed by atoms with Crippen LogP contribution >= 0.6 is 0 Å². The summed E-state index contributed by atoms with van der Waals surface area (Å²) < 4.78 is 63.3. The van der Waals surface area contributed by atoms with Crippen molar-refractivity contribution in [2.24, 2.45) is 0 Å². The summed E-state index contributed by atoms with van der Waals surface area (Å²) >= 11 is 0. The average Bonchev–Trinajstić information content (AvgIpc) is 2.37. The van der Waals surface area contributed by atoms with Crippen molar-refractivity contribution in [1.29, 1.82) is 0 Å². The fraction of sp³-hybridized carbons (Fsp3) is 0.250. The van der Waals surface area contributed by atoms with Gasteiger partial charge in [-0.2, -0.15) is 23.0 Å². The number of H-pyrrole nitrogens is 1. The zero-order valence-electron chi connectivity index (χ0n) is 11.5. The van der Waals surface area contributed by atoms with E-state index in [1.54, 1.807) is 0 Å². The molecule has 1 N–H and O–H groups in total. The Bertz CT molecular complexity index is 888. The van der Waals surface area contributed by atoms with Crippen LogP contribution in [0.15, 0.2) is 32.8 Å². The second-order valence-corrected chi connectivity index (χ2v) is 5.94. The Hall–Kier alpha value is -2.30. The zero-order chi connectivity index (χ0) is 17.4. The van der Waals surface area contributed by atoms with Gasteiger partial charge in [0.25, 0.3) is 5.56 Å². The van der Waals surface area contributed by atoms with Crippen LogP contribution < -0.4 is 11.2 Å². The second-order valence-electron chi connectivity index (χ2n) is 4.52. The van der Waals surface area contributed by atoms with Crippen molar-refractivity contribution in [3.63, 3.8) is 0 Å². The molecule has 0 amide bonds. The van der Waals surface area contributed by atoms with Crippen LogP contribution in [0.4, 0.5) is 17.6 Å². The number of hydrogen-bond acceptors (Lipinski definition) is 4. The molecular formula is C12H9F4N3O3S. The molecule has 11 heteroatoms. The molecule has 1 unspecified atom stereocenters. The molecule has 0 bridgehead atoms. The number of alkyl halides is 3. The smallest absolute Gasteiger partial charge is 0.271 e. The summed E-state index contributed by atoms with van der Waals surface area (Å²) in [7, 11) is -2.47. The minimum Gasteiger partial charge on any atom is -0.271 e. The lowest BCUT2D eigenvalue weighted by Crippen LogP contribution is -2.31. The summed E-state index contributed by atoms with van der Waals surface area (Å²) in [5.41, 5.74) is -2.37. The highest BCUT2D eigenvalue weighted by Gasteiger charge is 2.32. The summed E-state index contributed by atoms with van der Waals surface area (Å²) in [6.45, 7) is 1.29. The average molecular weight is 351 g/mol. The number of halogens is 4. The van der Waals surface area contributed by atoms with E-state index in [4.69, 9.17) is 0 Å². The SMILES string of the molecule is Cc1cc(F)c(-n2ncc(=O)[nH]c2=O)cc1S(=O)CC(F)(F)F. The van der Waals surface area contributed by atoms with E-state index in [1.807, 2.05) is 4.98 Å². The van der Waals surface area contributed by atoms with E-state index in [0.717, 1.165) is 12.1 Å². The normalized spacial score (nSPS) is 13.1. The van der Waals surface area contributed by atoms with E-state index in [1.165, 1.54) is 6.92 Å². The highest BCUT2D eigenvalue weighted by Crippen LogP contribution is 2.24. The minimum absolute atomic E-state index is 0.0336. The Balaban J connectivity index is 2.59. The van der Waals surface area contributed by atoms with Crippen molar-refractivity contribution in [3.8, 4) is 5.69 Å². The Morgan fingerprint density at radius 3 is 2.52 bits per heavy atom. The molecule has 0 aliphatic carbocycles. The summed E-state index contributed by atoms with van der Waals surface area (Å²) in [6.07, 6.45) is -3.97. The highest BCUT2D eigenvalue weighted by atomic mass is 32.2. The van der Waals surface area contributed by atoms with Crippen molar-refractivity contribution in [3.05, 3.63) is 50.5 Å². The first-order chi connectivity index (χ1) is 10.6. The van der Waals surface area contributed by atoms with E-state index in [-0.39, 0.29) is 10.5 Å². The quantitative estimate of drug-likeness (QED) is 0.838. The van der Waals surface area contributed by atoms with Gasteiger partial charge in [-0.05, 0) is 24.6 Å². The number of nitrogens with one attached hydrogen (secondary N) is 1. The fourth-order valence-corrected chi connectivity index (χ4v) is 2.91. The molecule has 6 nitrogen and oxygen atoms in total. The summed E-state index contributed by atoms with van der Waals surface area (Å²) in [6, 6.07) is 1.69. The fourth-order valence-electron chi connectivity index (χ4n) is 1.80. The van der Waals surface area contributed by atoms with Crippen LogP contribution in [0, 0.1) is 12.7 Å². The first-order valence-electron chi connectivity index (χ1n) is 6.03. The number of aromatic nitrogens is 3. The van der Waals surface area contributed by atoms with Gasteiger partial charge in [0.15, 0.2) is 0 Å². The standard InChI is InChI=1S/C12H9F4N3O3S/c1-6-2-7(13)8(19-11(21)18-10(20)4-17-19)3-9(6)23(22)5-12(14,15)16/h2-4H,5H2,1H3,(H,18,20,21). The number of benzene rings is 1. The molecule has 124 valence electrons. The van der Waals surface area contributed by atoms with Crippen LogP contribution in [0.25, 0.3) is 5.69 Å². The predicted molar refractivity (Wildman–Crippen MR) is 72.5 cm³/mol. The molecular weight excluding hydrogens is 342 g/mol. The van der Waals surface area contributed by atoms with Gasteiger partial charge in [-0.15, -0.1) is 0 Å². The molecule has 1 aromatic carbocycles. The van der Waals surface area contributed by atoms with Crippen LogP contribution in [-0.2, 0) is 10.8 Å². The van der Waals surface area contributed by atoms with Gasteiger partial charge >= 0.3 is 11.9 Å². The monoisotopic (exact) mass is 351 g/mol. The predicted octanol–water partition coefficient (Wildman–Crippen LogP) is 1.04. The topological polar surface area (TPSA) is 84.8 Å². The number of aryl methyl sites for hydroxylation is 1. The first-order valence-corrected chi connectivity index (χ1v) is 7.34. The molecule has 0 aliphatic rings. The molecule has 0 saturated heterocycles. The molecule has 1 heterocycles. The molecule has 0 saturated carbocycles. The van der Waals surface area contributed by atoms with E-state index >= 15 is 0 Å². The summed E-state index contributed by atoms with van der Waals surface area (Å²) in [4.78, 5) is 24.1. The minimum atomic E-state index is -4.67. The van der Waals surface area contributed by atoms with Gasteiger partial charge in [-0.1, -0.05) is 0 Å². The Morgan fingerprint density at radius 1 is 1.30 bits per heavy atom. The third kappa shape index (κ3) is 3.92. The number of rotatable bonds is 3. The third-order valence-corrected chi connectivity index (χ3v) is 4.25. The lowest BCUT2D eigenvalue weighted by atomic mass is 10.2. The molecule has 0 fully saturated rings. The molecule has 0 radical (unpaired) electrons. The molecule has 0 spiro atoms. The van der Waals surface area contributed by atoms with Gasteiger partial charge in [-0.3, -0.25) is 14.0 Å². The maximum Gasteiger partial charge on any atom is 0.400 e. The van der Waals surface area contributed by atoms with Gasteiger partial charge in [0, 0.05) is 4.90 Å². The first kappa shape index (κ1) is 17.1.